The first-order valence-corrected chi connectivity index (χ1v) is 6.30. The second kappa shape index (κ2) is 6.08. The third-order valence-electron chi connectivity index (χ3n) is 2.98. The molecular weight excluding hydrogens is 272 g/mol. The van der Waals surface area contributed by atoms with Gasteiger partial charge in [0.15, 0.2) is 0 Å². The maximum absolute atomic E-state index is 11.1. The molecule has 0 aliphatic carbocycles. The predicted octanol–water partition coefficient (Wildman–Crippen LogP) is 3.09. The smallest absolute Gasteiger partial charge is 0.311 e. The Morgan fingerprint density at radius 3 is 2.62 bits per heavy atom. The van der Waals surface area contributed by atoms with Crippen molar-refractivity contribution in [3.05, 3.63) is 46.0 Å². The molecule has 0 bridgehead atoms. The van der Waals surface area contributed by atoms with Crippen LogP contribution in [0.2, 0.25) is 0 Å². The van der Waals surface area contributed by atoms with E-state index in [1.54, 1.807) is 32.4 Å². The van der Waals surface area contributed by atoms with Gasteiger partial charge in [-0.3, -0.25) is 10.1 Å². The van der Waals surface area contributed by atoms with Crippen molar-refractivity contribution in [2.45, 2.75) is 6.92 Å². The summed E-state index contributed by atoms with van der Waals surface area (Å²) in [5, 5.41) is 16.9. The van der Waals surface area contributed by atoms with Crippen LogP contribution in [-0.4, -0.2) is 24.1 Å². The van der Waals surface area contributed by atoms with Gasteiger partial charge < -0.3 is 15.4 Å². The number of rotatable bonds is 5. The van der Waals surface area contributed by atoms with Crippen molar-refractivity contribution >= 4 is 23.0 Å². The zero-order chi connectivity index (χ0) is 15.4. The lowest BCUT2D eigenvalue weighted by atomic mass is 10.2. The van der Waals surface area contributed by atoms with Gasteiger partial charge in [-0.05, 0) is 36.8 Å². The van der Waals surface area contributed by atoms with Crippen molar-refractivity contribution < 1.29 is 9.66 Å². The van der Waals surface area contributed by atoms with Gasteiger partial charge in [0.25, 0.3) is 0 Å². The number of ether oxygens (including phenoxy) is 1. The van der Waals surface area contributed by atoms with Crippen molar-refractivity contribution in [3.63, 3.8) is 0 Å². The molecule has 2 rings (SSSR count). The molecule has 0 atom stereocenters. The fraction of sp³-hybridized carbons (Fsp3) is 0.214. The van der Waals surface area contributed by atoms with E-state index in [0.717, 1.165) is 11.3 Å². The van der Waals surface area contributed by atoms with Gasteiger partial charge in [-0.25, -0.2) is 4.98 Å². The number of benzene rings is 1. The molecule has 7 heteroatoms. The second-order valence-corrected chi connectivity index (χ2v) is 4.38. The normalized spacial score (nSPS) is 10.0. The van der Waals surface area contributed by atoms with Crippen LogP contribution in [0.15, 0.2) is 30.3 Å². The maximum atomic E-state index is 11.1. The number of nitro groups is 1. The summed E-state index contributed by atoms with van der Waals surface area (Å²) in [5.74, 6) is 1.50. The summed E-state index contributed by atoms with van der Waals surface area (Å²) in [6, 6.07) is 8.39. The zero-order valence-corrected chi connectivity index (χ0v) is 12.0. The number of pyridine rings is 1. The molecule has 0 aliphatic rings. The fourth-order valence-electron chi connectivity index (χ4n) is 1.92. The third-order valence-corrected chi connectivity index (χ3v) is 2.98. The van der Waals surface area contributed by atoms with Gasteiger partial charge in [0.05, 0.1) is 12.0 Å². The lowest BCUT2D eigenvalue weighted by molar-refractivity contribution is -0.384. The van der Waals surface area contributed by atoms with E-state index >= 15 is 0 Å². The number of nitrogens with zero attached hydrogens (tertiary/aromatic N) is 2. The summed E-state index contributed by atoms with van der Waals surface area (Å²) < 4.78 is 5.19. The molecule has 1 aromatic heterocycles. The summed E-state index contributed by atoms with van der Waals surface area (Å²) >= 11 is 0. The van der Waals surface area contributed by atoms with E-state index in [0.29, 0.717) is 11.5 Å². The Morgan fingerprint density at radius 2 is 2.05 bits per heavy atom. The Hall–Kier alpha value is -2.83. The minimum atomic E-state index is -0.467. The Bertz CT molecular complexity index is 673. The van der Waals surface area contributed by atoms with Gasteiger partial charge in [-0.15, -0.1) is 0 Å². The van der Waals surface area contributed by atoms with Crippen molar-refractivity contribution in [1.29, 1.82) is 0 Å². The Labute approximate surface area is 122 Å². The van der Waals surface area contributed by atoms with Crippen molar-refractivity contribution in [1.82, 2.24) is 4.98 Å². The molecule has 0 spiro atoms. The maximum Gasteiger partial charge on any atom is 0.311 e. The van der Waals surface area contributed by atoms with E-state index in [1.807, 2.05) is 13.0 Å². The van der Waals surface area contributed by atoms with E-state index in [4.69, 9.17) is 4.74 Å². The van der Waals surface area contributed by atoms with Crippen LogP contribution in [0.5, 0.6) is 5.75 Å². The summed E-state index contributed by atoms with van der Waals surface area (Å²) in [6.45, 7) is 1.90. The molecule has 0 aliphatic heterocycles. The first kappa shape index (κ1) is 14.6. The first-order valence-electron chi connectivity index (χ1n) is 6.30. The van der Waals surface area contributed by atoms with Crippen molar-refractivity contribution in [3.8, 4) is 5.75 Å². The highest BCUT2D eigenvalue weighted by atomic mass is 16.6. The van der Waals surface area contributed by atoms with Crippen LogP contribution in [0.3, 0.4) is 0 Å². The average molecular weight is 288 g/mol. The highest BCUT2D eigenvalue weighted by Crippen LogP contribution is 2.29. The molecule has 7 nitrogen and oxygen atoms in total. The molecule has 2 aromatic rings. The van der Waals surface area contributed by atoms with Gasteiger partial charge in [0.1, 0.15) is 11.6 Å². The molecule has 1 heterocycles. The molecule has 0 radical (unpaired) electrons. The molecule has 21 heavy (non-hydrogen) atoms. The van der Waals surface area contributed by atoms with E-state index in [2.05, 4.69) is 15.6 Å². The number of aromatic nitrogens is 1. The van der Waals surface area contributed by atoms with Gasteiger partial charge in [-0.2, -0.15) is 0 Å². The van der Waals surface area contributed by atoms with E-state index < -0.39 is 4.92 Å². The summed E-state index contributed by atoms with van der Waals surface area (Å²) in [7, 11) is 3.30. The summed E-state index contributed by atoms with van der Waals surface area (Å²) in [4.78, 5) is 14.8. The predicted molar refractivity (Wildman–Crippen MR) is 81.5 cm³/mol. The highest BCUT2D eigenvalue weighted by Gasteiger charge is 2.16. The van der Waals surface area contributed by atoms with Crippen LogP contribution in [0, 0.1) is 17.0 Å². The minimum Gasteiger partial charge on any atom is -0.496 e. The van der Waals surface area contributed by atoms with Gasteiger partial charge >= 0.3 is 5.69 Å². The monoisotopic (exact) mass is 288 g/mol. The second-order valence-electron chi connectivity index (χ2n) is 4.38. The van der Waals surface area contributed by atoms with Crippen LogP contribution in [0.4, 0.5) is 23.0 Å². The molecule has 110 valence electrons. The lowest BCUT2D eigenvalue weighted by Crippen LogP contribution is -2.02. The Balaban J connectivity index is 2.37. The molecular formula is C14H16N4O3. The molecule has 0 unspecified atom stereocenters. The van der Waals surface area contributed by atoms with Crippen molar-refractivity contribution in [2.75, 3.05) is 24.8 Å². The Kier molecular flexibility index (Phi) is 4.22. The Morgan fingerprint density at radius 1 is 1.29 bits per heavy atom. The number of anilines is 3. The summed E-state index contributed by atoms with van der Waals surface area (Å²) in [5.41, 5.74) is 1.55. The standard InChI is InChI=1S/C14H16N4O3/c1-9-8-10(4-6-12(9)21-3)16-14-11(18(19)20)5-7-13(15-2)17-14/h4-8H,1-3H3,(H2,15,16,17). The largest absolute Gasteiger partial charge is 0.496 e. The minimum absolute atomic E-state index is 0.0810. The third kappa shape index (κ3) is 3.19. The SMILES string of the molecule is CNc1ccc([N+](=O)[O-])c(Nc2ccc(OC)c(C)c2)n1. The van der Waals surface area contributed by atoms with Crippen LogP contribution < -0.4 is 15.4 Å². The van der Waals surface area contributed by atoms with Crippen LogP contribution in [-0.2, 0) is 0 Å². The van der Waals surface area contributed by atoms with Gasteiger partial charge in [0, 0.05) is 18.8 Å². The number of hydrogen-bond acceptors (Lipinski definition) is 6. The molecule has 0 saturated heterocycles. The number of nitrogens with one attached hydrogen (secondary N) is 2. The molecule has 0 saturated carbocycles. The molecule has 2 N–H and O–H groups in total. The average Bonchev–Trinajstić information content (AvgIpc) is 2.47. The molecule has 1 aromatic carbocycles. The van der Waals surface area contributed by atoms with E-state index in [1.165, 1.54) is 6.07 Å². The van der Waals surface area contributed by atoms with Crippen LogP contribution in [0.1, 0.15) is 5.56 Å². The molecule has 0 fully saturated rings. The number of hydrogen-bond donors (Lipinski definition) is 2. The summed E-state index contributed by atoms with van der Waals surface area (Å²) in [6.07, 6.45) is 0. The lowest BCUT2D eigenvalue weighted by Gasteiger charge is -2.10. The van der Waals surface area contributed by atoms with E-state index in [9.17, 15) is 10.1 Å². The number of methoxy groups -OCH3 is 1. The number of aryl methyl sites for hydroxylation is 1. The fourth-order valence-corrected chi connectivity index (χ4v) is 1.92. The van der Waals surface area contributed by atoms with Crippen LogP contribution in [0.25, 0.3) is 0 Å². The van der Waals surface area contributed by atoms with E-state index in [-0.39, 0.29) is 11.5 Å². The van der Waals surface area contributed by atoms with Crippen LogP contribution >= 0.6 is 0 Å². The van der Waals surface area contributed by atoms with Gasteiger partial charge in [-0.1, -0.05) is 0 Å². The topological polar surface area (TPSA) is 89.3 Å². The molecule has 0 amide bonds. The highest BCUT2D eigenvalue weighted by molar-refractivity contribution is 5.68. The van der Waals surface area contributed by atoms with Crippen molar-refractivity contribution in [2.24, 2.45) is 0 Å². The quantitative estimate of drug-likeness (QED) is 0.649. The zero-order valence-electron chi connectivity index (χ0n) is 12.0. The van der Waals surface area contributed by atoms with Gasteiger partial charge in [0.2, 0.25) is 5.82 Å². The first-order chi connectivity index (χ1) is 10.0.